The molecule has 2 aliphatic heterocycles. The maximum atomic E-state index is 14.3. The fourth-order valence-electron chi connectivity index (χ4n) is 5.16. The number of hydrogen-bond acceptors (Lipinski definition) is 4. The smallest absolute Gasteiger partial charge is 0.356 e. The maximum absolute atomic E-state index is 14.3. The lowest BCUT2D eigenvalue weighted by molar-refractivity contribution is -0.271. The zero-order valence-corrected chi connectivity index (χ0v) is 19.5. The van der Waals surface area contributed by atoms with Crippen LogP contribution >= 0.6 is 22.9 Å². The van der Waals surface area contributed by atoms with E-state index in [-0.39, 0.29) is 36.9 Å². The highest BCUT2D eigenvalue weighted by Crippen LogP contribution is 2.51. The molecule has 2 atom stereocenters. The Bertz CT molecular complexity index is 1020. The van der Waals surface area contributed by atoms with Gasteiger partial charge >= 0.3 is 6.18 Å². The van der Waals surface area contributed by atoms with Crippen LogP contribution in [-0.2, 0) is 19.9 Å². The van der Waals surface area contributed by atoms with E-state index in [4.69, 9.17) is 16.3 Å². The van der Waals surface area contributed by atoms with Gasteiger partial charge < -0.3 is 15.0 Å². The van der Waals surface area contributed by atoms with Crippen LogP contribution in [0.2, 0.25) is 4.34 Å². The van der Waals surface area contributed by atoms with E-state index in [0.717, 1.165) is 12.0 Å². The molecule has 0 saturated carbocycles. The molecule has 1 unspecified atom stereocenters. The van der Waals surface area contributed by atoms with Crippen molar-refractivity contribution in [3.8, 4) is 0 Å². The van der Waals surface area contributed by atoms with Gasteiger partial charge in [0.1, 0.15) is 0 Å². The highest BCUT2D eigenvalue weighted by Gasteiger charge is 2.64. The van der Waals surface area contributed by atoms with Crippen LogP contribution in [0.15, 0.2) is 42.5 Å². The molecule has 0 bridgehead atoms. The Morgan fingerprint density at radius 1 is 1.18 bits per heavy atom. The van der Waals surface area contributed by atoms with Crippen molar-refractivity contribution < 1.29 is 27.5 Å². The van der Waals surface area contributed by atoms with Gasteiger partial charge in [-0.3, -0.25) is 9.59 Å². The normalized spacial score (nSPS) is 22.6. The number of likely N-dealkylation sites (tertiary alicyclic amines) is 1. The fraction of sp³-hybridized carbons (Fsp3) is 0.478. The molecule has 1 N–H and O–H groups in total. The number of piperidine rings is 2. The second-order valence-corrected chi connectivity index (χ2v) is 10.3. The van der Waals surface area contributed by atoms with Gasteiger partial charge in [-0.2, -0.15) is 13.2 Å². The third-order valence-electron chi connectivity index (χ3n) is 6.93. The van der Waals surface area contributed by atoms with E-state index in [0.29, 0.717) is 23.7 Å². The van der Waals surface area contributed by atoms with Gasteiger partial charge in [0.2, 0.25) is 5.91 Å². The SMILES string of the molecule is CO[C@@](C(=O)N1CCC2(CC1)CC(=O)NCC2c1ccc(Cl)s1)(c1ccccc1)C(F)(F)F. The van der Waals surface area contributed by atoms with E-state index in [1.807, 2.05) is 6.07 Å². The van der Waals surface area contributed by atoms with E-state index in [2.05, 4.69) is 5.32 Å². The van der Waals surface area contributed by atoms with Crippen molar-refractivity contribution in [2.75, 3.05) is 26.7 Å². The van der Waals surface area contributed by atoms with E-state index in [1.54, 1.807) is 12.1 Å². The van der Waals surface area contributed by atoms with E-state index in [9.17, 15) is 22.8 Å². The van der Waals surface area contributed by atoms with Crippen molar-refractivity contribution in [2.45, 2.75) is 37.0 Å². The van der Waals surface area contributed by atoms with Gasteiger partial charge in [0, 0.05) is 49.5 Å². The minimum Gasteiger partial charge on any atom is -0.356 e. The molecule has 2 saturated heterocycles. The predicted octanol–water partition coefficient (Wildman–Crippen LogP) is 4.72. The number of alkyl halides is 3. The summed E-state index contributed by atoms with van der Waals surface area (Å²) in [6, 6.07) is 10.7. The summed E-state index contributed by atoms with van der Waals surface area (Å²) >= 11 is 7.57. The van der Waals surface area contributed by atoms with Gasteiger partial charge in [-0.1, -0.05) is 41.9 Å². The fourth-order valence-corrected chi connectivity index (χ4v) is 6.46. The molecule has 33 heavy (non-hydrogen) atoms. The number of halogens is 4. The minimum absolute atomic E-state index is 0.00567. The highest BCUT2D eigenvalue weighted by molar-refractivity contribution is 7.16. The summed E-state index contributed by atoms with van der Waals surface area (Å²) in [7, 11) is 0.909. The van der Waals surface area contributed by atoms with Crippen LogP contribution in [0.3, 0.4) is 0 Å². The van der Waals surface area contributed by atoms with Crippen molar-refractivity contribution in [1.29, 1.82) is 0 Å². The van der Waals surface area contributed by atoms with Crippen LogP contribution in [0, 0.1) is 5.41 Å². The molecule has 3 heterocycles. The molecule has 178 valence electrons. The average Bonchev–Trinajstić information content (AvgIpc) is 3.20. The van der Waals surface area contributed by atoms with Crippen LogP contribution in [0.4, 0.5) is 13.2 Å². The van der Waals surface area contributed by atoms with Crippen molar-refractivity contribution >= 4 is 34.8 Å². The van der Waals surface area contributed by atoms with Crippen LogP contribution in [0.1, 0.15) is 35.6 Å². The Balaban J connectivity index is 1.61. The summed E-state index contributed by atoms with van der Waals surface area (Å²) < 4.78 is 48.5. The third kappa shape index (κ3) is 4.15. The topological polar surface area (TPSA) is 58.6 Å². The molecule has 1 aromatic carbocycles. The van der Waals surface area contributed by atoms with Crippen LogP contribution in [0.25, 0.3) is 0 Å². The Morgan fingerprint density at radius 3 is 2.39 bits per heavy atom. The number of benzene rings is 1. The Labute approximate surface area is 198 Å². The number of carbonyl (C=O) groups excluding carboxylic acids is 2. The monoisotopic (exact) mass is 500 g/mol. The second-order valence-electron chi connectivity index (χ2n) is 8.58. The molecule has 2 amide bonds. The van der Waals surface area contributed by atoms with Gasteiger partial charge in [0.15, 0.2) is 0 Å². The molecule has 0 radical (unpaired) electrons. The minimum atomic E-state index is -4.95. The Morgan fingerprint density at radius 2 is 1.85 bits per heavy atom. The lowest BCUT2D eigenvalue weighted by Gasteiger charge is -2.49. The van der Waals surface area contributed by atoms with Gasteiger partial charge in [0.05, 0.1) is 4.34 Å². The van der Waals surface area contributed by atoms with E-state index in [1.165, 1.54) is 40.5 Å². The Hall–Kier alpha value is -2.10. The standard InChI is InChI=1S/C23H24ClF3N2O3S/c1-32-22(23(25,26)27,15-5-3-2-4-6-15)20(31)29-11-9-21(10-12-29)13-19(30)28-14-16(21)17-7-8-18(24)33-17/h2-8,16H,9-14H2,1H3,(H,28,30)/t16?,22-/m1/s1. The predicted molar refractivity (Wildman–Crippen MR) is 119 cm³/mol. The first-order chi connectivity index (χ1) is 15.6. The number of nitrogens with zero attached hydrogens (tertiary/aromatic N) is 1. The number of nitrogens with one attached hydrogen (secondary N) is 1. The molecule has 0 aliphatic carbocycles. The molecule has 2 fully saturated rings. The van der Waals surface area contributed by atoms with Crippen LogP contribution in [-0.4, -0.2) is 49.6 Å². The lowest BCUT2D eigenvalue weighted by atomic mass is 9.64. The van der Waals surface area contributed by atoms with Gasteiger partial charge in [-0.15, -0.1) is 11.3 Å². The molecule has 4 rings (SSSR count). The number of rotatable bonds is 4. The summed E-state index contributed by atoms with van der Waals surface area (Å²) in [5, 5.41) is 2.90. The number of amides is 2. The van der Waals surface area contributed by atoms with Gasteiger partial charge in [-0.25, -0.2) is 0 Å². The van der Waals surface area contributed by atoms with Crippen molar-refractivity contribution in [3.05, 3.63) is 57.2 Å². The number of thiophene rings is 1. The largest absolute Gasteiger partial charge is 0.430 e. The molecule has 1 aromatic heterocycles. The molecule has 2 aromatic rings. The summed E-state index contributed by atoms with van der Waals surface area (Å²) in [4.78, 5) is 27.9. The molecule has 1 spiro atoms. The maximum Gasteiger partial charge on any atom is 0.430 e. The lowest BCUT2D eigenvalue weighted by Crippen LogP contribution is -2.60. The molecular weight excluding hydrogens is 477 g/mol. The van der Waals surface area contributed by atoms with E-state index < -0.39 is 23.1 Å². The number of methoxy groups -OCH3 is 1. The Kier molecular flexibility index (Phi) is 6.50. The molecule has 2 aliphatic rings. The average molecular weight is 501 g/mol. The van der Waals surface area contributed by atoms with Crippen molar-refractivity contribution in [1.82, 2.24) is 10.2 Å². The van der Waals surface area contributed by atoms with Crippen LogP contribution in [0.5, 0.6) is 0 Å². The highest BCUT2D eigenvalue weighted by atomic mass is 35.5. The van der Waals surface area contributed by atoms with Gasteiger partial charge in [0.25, 0.3) is 11.5 Å². The molecule has 10 heteroatoms. The zero-order chi connectivity index (χ0) is 23.9. The second kappa shape index (κ2) is 8.92. The first-order valence-electron chi connectivity index (χ1n) is 10.6. The van der Waals surface area contributed by atoms with Crippen molar-refractivity contribution in [3.63, 3.8) is 0 Å². The van der Waals surface area contributed by atoms with Crippen LogP contribution < -0.4 is 5.32 Å². The summed E-state index contributed by atoms with van der Waals surface area (Å²) in [5.41, 5.74) is -3.77. The quantitative estimate of drug-likeness (QED) is 0.661. The number of ether oxygens (including phenoxy) is 1. The molecular formula is C23H24ClF3N2O3S. The zero-order valence-electron chi connectivity index (χ0n) is 18.0. The van der Waals surface area contributed by atoms with E-state index >= 15 is 0 Å². The first kappa shape index (κ1) is 24.0. The van der Waals surface area contributed by atoms with Crippen molar-refractivity contribution in [2.24, 2.45) is 5.41 Å². The summed E-state index contributed by atoms with van der Waals surface area (Å²) in [6.45, 7) is 0.656. The number of carbonyl (C=O) groups is 2. The summed E-state index contributed by atoms with van der Waals surface area (Å²) in [5.74, 6) is -1.22. The molecule has 5 nitrogen and oxygen atoms in total. The number of hydrogen-bond donors (Lipinski definition) is 1. The van der Waals surface area contributed by atoms with Gasteiger partial charge in [-0.05, 0) is 30.4 Å². The first-order valence-corrected chi connectivity index (χ1v) is 11.8. The third-order valence-corrected chi connectivity index (χ3v) is 8.27. The summed E-state index contributed by atoms with van der Waals surface area (Å²) in [6.07, 6.45) is -3.85.